The van der Waals surface area contributed by atoms with Gasteiger partial charge in [-0.15, -0.1) is 0 Å². The summed E-state index contributed by atoms with van der Waals surface area (Å²) in [5.41, 5.74) is 2.68. The van der Waals surface area contributed by atoms with Gasteiger partial charge in [0.25, 0.3) is 0 Å². The van der Waals surface area contributed by atoms with Crippen LogP contribution in [0, 0.1) is 6.92 Å². The Balaban J connectivity index is 2.04. The lowest BCUT2D eigenvalue weighted by atomic mass is 10.2. The number of aryl methyl sites for hydroxylation is 1. The number of H-pyrrole nitrogens is 1. The molecule has 1 aromatic carbocycles. The monoisotopic (exact) mass is 337 g/mol. The van der Waals surface area contributed by atoms with E-state index in [0.717, 1.165) is 15.5 Å². The molecule has 0 aliphatic rings. The zero-order valence-corrected chi connectivity index (χ0v) is 12.2. The van der Waals surface area contributed by atoms with E-state index in [1.54, 1.807) is 6.20 Å². The summed E-state index contributed by atoms with van der Waals surface area (Å²) >= 11 is 9.38. The maximum absolute atomic E-state index is 5.88. The van der Waals surface area contributed by atoms with Gasteiger partial charge in [-0.05, 0) is 36.2 Å². The van der Waals surface area contributed by atoms with Gasteiger partial charge in [0.1, 0.15) is 5.82 Å². The maximum Gasteiger partial charge on any atom is 0.226 e. The first-order valence-corrected chi connectivity index (χ1v) is 6.70. The predicted octanol–water partition coefficient (Wildman–Crippen LogP) is 3.82. The molecule has 0 spiro atoms. The van der Waals surface area contributed by atoms with E-state index in [2.05, 4.69) is 41.4 Å². The Bertz CT molecular complexity index is 755. The van der Waals surface area contributed by atoms with Gasteiger partial charge in [-0.2, -0.15) is 15.1 Å². The molecule has 0 unspecified atom stereocenters. The zero-order chi connectivity index (χ0) is 13.4. The number of nitrogens with one attached hydrogen (secondary N) is 2. The molecule has 7 heteroatoms. The third-order valence-corrected chi connectivity index (χ3v) is 3.74. The number of anilines is 2. The largest absolute Gasteiger partial charge is 0.339 e. The second-order valence-corrected chi connectivity index (χ2v) is 5.25. The van der Waals surface area contributed by atoms with Gasteiger partial charge in [0.2, 0.25) is 5.28 Å². The normalized spacial score (nSPS) is 10.9. The summed E-state index contributed by atoms with van der Waals surface area (Å²) in [6, 6.07) is 5.97. The van der Waals surface area contributed by atoms with Crippen molar-refractivity contribution >= 4 is 50.1 Å². The van der Waals surface area contributed by atoms with E-state index < -0.39 is 0 Å². The van der Waals surface area contributed by atoms with Crippen LogP contribution in [0.15, 0.2) is 28.9 Å². The molecule has 0 amide bonds. The Morgan fingerprint density at radius 1 is 1.32 bits per heavy atom. The van der Waals surface area contributed by atoms with Gasteiger partial charge in [0, 0.05) is 10.2 Å². The van der Waals surface area contributed by atoms with E-state index in [4.69, 9.17) is 11.6 Å². The number of hydrogen-bond acceptors (Lipinski definition) is 4. The molecular weight excluding hydrogens is 330 g/mol. The third kappa shape index (κ3) is 2.41. The maximum atomic E-state index is 5.88. The number of hydrogen-bond donors (Lipinski definition) is 2. The van der Waals surface area contributed by atoms with Crippen molar-refractivity contribution in [3.8, 4) is 0 Å². The summed E-state index contributed by atoms with van der Waals surface area (Å²) in [5, 5.41) is 10.9. The van der Waals surface area contributed by atoms with Gasteiger partial charge in [0.05, 0.1) is 11.6 Å². The summed E-state index contributed by atoms with van der Waals surface area (Å²) in [6.07, 6.45) is 1.66. The van der Waals surface area contributed by atoms with E-state index in [0.29, 0.717) is 11.5 Å². The van der Waals surface area contributed by atoms with E-state index in [-0.39, 0.29) is 5.28 Å². The quantitative estimate of drug-likeness (QED) is 0.697. The Labute approximate surface area is 122 Å². The van der Waals surface area contributed by atoms with Gasteiger partial charge in [-0.25, -0.2) is 0 Å². The average molecular weight is 339 g/mol. The zero-order valence-electron chi connectivity index (χ0n) is 9.91. The Morgan fingerprint density at radius 2 is 2.16 bits per heavy atom. The summed E-state index contributed by atoms with van der Waals surface area (Å²) in [6.45, 7) is 2.03. The highest BCUT2D eigenvalue weighted by molar-refractivity contribution is 9.10. The number of rotatable bonds is 2. The van der Waals surface area contributed by atoms with E-state index in [1.165, 1.54) is 5.56 Å². The molecule has 2 N–H and O–H groups in total. The molecule has 2 heterocycles. The second-order valence-electron chi connectivity index (χ2n) is 4.06. The van der Waals surface area contributed by atoms with Crippen LogP contribution in [0.4, 0.5) is 11.5 Å². The van der Waals surface area contributed by atoms with Crippen LogP contribution in [0.3, 0.4) is 0 Å². The fourth-order valence-corrected chi connectivity index (χ4v) is 2.26. The molecule has 0 fully saturated rings. The van der Waals surface area contributed by atoms with E-state index in [9.17, 15) is 0 Å². The molecule has 0 saturated carbocycles. The van der Waals surface area contributed by atoms with Crippen molar-refractivity contribution in [1.82, 2.24) is 20.2 Å². The first-order chi connectivity index (χ1) is 9.13. The van der Waals surface area contributed by atoms with Crippen LogP contribution in [-0.4, -0.2) is 20.2 Å². The lowest BCUT2D eigenvalue weighted by Crippen LogP contribution is -1.96. The highest BCUT2D eigenvalue weighted by Gasteiger charge is 2.09. The minimum Gasteiger partial charge on any atom is -0.339 e. The van der Waals surface area contributed by atoms with Crippen LogP contribution in [0.2, 0.25) is 5.28 Å². The van der Waals surface area contributed by atoms with Gasteiger partial charge in [0.15, 0.2) is 5.65 Å². The average Bonchev–Trinajstić information content (AvgIpc) is 2.82. The predicted molar refractivity (Wildman–Crippen MR) is 78.9 cm³/mol. The van der Waals surface area contributed by atoms with Crippen LogP contribution in [0.5, 0.6) is 0 Å². The number of aromatic nitrogens is 4. The number of aromatic amines is 1. The molecule has 2 aromatic heterocycles. The number of nitrogens with zero attached hydrogens (tertiary/aromatic N) is 3. The first-order valence-electron chi connectivity index (χ1n) is 5.53. The topological polar surface area (TPSA) is 66.5 Å². The van der Waals surface area contributed by atoms with Gasteiger partial charge >= 0.3 is 0 Å². The third-order valence-electron chi connectivity index (χ3n) is 2.72. The van der Waals surface area contributed by atoms with Crippen molar-refractivity contribution in [2.75, 3.05) is 5.32 Å². The van der Waals surface area contributed by atoms with Crippen molar-refractivity contribution in [3.05, 3.63) is 39.7 Å². The molecule has 3 aromatic rings. The standard InChI is InChI=1S/C12H9BrClN5/c1-6-2-3-7(4-9(6)13)16-10-8-5-15-19-11(8)18-12(14)17-10/h2-5H,1H3,(H2,15,16,17,18,19). The van der Waals surface area contributed by atoms with Gasteiger partial charge in [-0.1, -0.05) is 22.0 Å². The number of fused-ring (bicyclic) bond motifs is 1. The highest BCUT2D eigenvalue weighted by Crippen LogP contribution is 2.26. The SMILES string of the molecule is Cc1ccc(Nc2nc(Cl)nc3[nH]ncc23)cc1Br. The Hall–Kier alpha value is -1.66. The van der Waals surface area contributed by atoms with Crippen molar-refractivity contribution in [2.45, 2.75) is 6.92 Å². The molecule has 0 radical (unpaired) electrons. The van der Waals surface area contributed by atoms with Crippen LogP contribution >= 0.6 is 27.5 Å². The van der Waals surface area contributed by atoms with Crippen molar-refractivity contribution in [3.63, 3.8) is 0 Å². The fraction of sp³-hybridized carbons (Fsp3) is 0.0833. The van der Waals surface area contributed by atoms with Crippen LogP contribution in [-0.2, 0) is 0 Å². The summed E-state index contributed by atoms with van der Waals surface area (Å²) in [7, 11) is 0. The van der Waals surface area contributed by atoms with Crippen LogP contribution in [0.1, 0.15) is 5.56 Å². The van der Waals surface area contributed by atoms with Crippen molar-refractivity contribution < 1.29 is 0 Å². The summed E-state index contributed by atoms with van der Waals surface area (Å²) in [5.74, 6) is 0.625. The van der Waals surface area contributed by atoms with Crippen molar-refractivity contribution in [2.24, 2.45) is 0 Å². The first kappa shape index (κ1) is 12.4. The molecular formula is C12H9BrClN5. The highest BCUT2D eigenvalue weighted by atomic mass is 79.9. The number of benzene rings is 1. The molecule has 0 aliphatic heterocycles. The second kappa shape index (κ2) is 4.79. The van der Waals surface area contributed by atoms with Gasteiger partial charge < -0.3 is 5.32 Å². The van der Waals surface area contributed by atoms with Crippen LogP contribution in [0.25, 0.3) is 11.0 Å². The molecule has 5 nitrogen and oxygen atoms in total. The molecule has 19 heavy (non-hydrogen) atoms. The molecule has 3 rings (SSSR count). The molecule has 0 bridgehead atoms. The minimum atomic E-state index is 0.172. The van der Waals surface area contributed by atoms with Gasteiger partial charge in [-0.3, -0.25) is 5.10 Å². The van der Waals surface area contributed by atoms with E-state index >= 15 is 0 Å². The molecule has 96 valence electrons. The smallest absolute Gasteiger partial charge is 0.226 e. The van der Waals surface area contributed by atoms with E-state index in [1.807, 2.05) is 25.1 Å². The number of halogens is 2. The fourth-order valence-electron chi connectivity index (χ4n) is 1.71. The molecule has 0 aliphatic carbocycles. The summed E-state index contributed by atoms with van der Waals surface area (Å²) in [4.78, 5) is 8.25. The molecule has 0 atom stereocenters. The Morgan fingerprint density at radius 3 is 2.95 bits per heavy atom. The van der Waals surface area contributed by atoms with Crippen molar-refractivity contribution in [1.29, 1.82) is 0 Å². The van der Waals surface area contributed by atoms with Crippen LogP contribution < -0.4 is 5.32 Å². The lowest BCUT2D eigenvalue weighted by Gasteiger charge is -2.08. The lowest BCUT2D eigenvalue weighted by molar-refractivity contribution is 1.09. The Kier molecular flexibility index (Phi) is 3.12. The minimum absolute atomic E-state index is 0.172. The molecule has 0 saturated heterocycles. The summed E-state index contributed by atoms with van der Waals surface area (Å²) < 4.78 is 1.03.